The lowest BCUT2D eigenvalue weighted by atomic mass is 10.1. The van der Waals surface area contributed by atoms with E-state index in [1.807, 2.05) is 0 Å². The molecule has 7 nitrogen and oxygen atoms in total. The first kappa shape index (κ1) is 20.8. The summed E-state index contributed by atoms with van der Waals surface area (Å²) in [4.78, 5) is 51.7. The van der Waals surface area contributed by atoms with Crippen LogP contribution < -0.4 is 9.64 Å². The molecular formula is C22H14ClNO6S. The molecule has 0 saturated carbocycles. The van der Waals surface area contributed by atoms with Crippen LogP contribution in [0.2, 0.25) is 5.02 Å². The third-order valence-electron chi connectivity index (χ3n) is 4.63. The number of hydrogen-bond acceptors (Lipinski definition) is 7. The second kappa shape index (κ2) is 8.33. The van der Waals surface area contributed by atoms with Gasteiger partial charge in [-0.3, -0.25) is 14.4 Å². The van der Waals surface area contributed by atoms with Crippen molar-refractivity contribution in [1.29, 1.82) is 0 Å². The van der Waals surface area contributed by atoms with E-state index in [1.165, 1.54) is 42.7 Å². The number of benzene rings is 2. The third kappa shape index (κ3) is 3.83. The van der Waals surface area contributed by atoms with Gasteiger partial charge < -0.3 is 9.47 Å². The Hall–Kier alpha value is -3.49. The van der Waals surface area contributed by atoms with Crippen molar-refractivity contribution in [3.8, 4) is 5.75 Å². The number of ketones is 1. The van der Waals surface area contributed by atoms with Gasteiger partial charge >= 0.3 is 5.97 Å². The number of halogens is 1. The number of hydrogen-bond donors (Lipinski definition) is 0. The number of thiophene rings is 1. The molecule has 156 valence electrons. The molecule has 0 radical (unpaired) electrons. The van der Waals surface area contributed by atoms with Gasteiger partial charge in [0.25, 0.3) is 11.8 Å². The van der Waals surface area contributed by atoms with E-state index in [-0.39, 0.29) is 28.2 Å². The van der Waals surface area contributed by atoms with Crippen LogP contribution in [-0.2, 0) is 4.74 Å². The summed E-state index contributed by atoms with van der Waals surface area (Å²) in [5.74, 6) is -1.98. The Kier molecular flexibility index (Phi) is 5.58. The van der Waals surface area contributed by atoms with Gasteiger partial charge in [-0.2, -0.15) is 0 Å². The molecule has 3 aromatic rings. The minimum Gasteiger partial charge on any atom is -0.495 e. The Morgan fingerprint density at radius 1 is 1.03 bits per heavy atom. The van der Waals surface area contributed by atoms with Crippen molar-refractivity contribution >= 4 is 52.2 Å². The highest BCUT2D eigenvalue weighted by Gasteiger charge is 2.38. The number of imide groups is 1. The normalized spacial score (nSPS) is 12.6. The van der Waals surface area contributed by atoms with E-state index < -0.39 is 24.4 Å². The Bertz CT molecular complexity index is 1220. The van der Waals surface area contributed by atoms with Crippen molar-refractivity contribution in [3.63, 3.8) is 0 Å². The molecule has 2 amide bonds. The molecule has 2 aromatic carbocycles. The molecule has 9 heteroatoms. The molecular weight excluding hydrogens is 442 g/mol. The zero-order valence-corrected chi connectivity index (χ0v) is 17.7. The molecule has 0 bridgehead atoms. The second-order valence-electron chi connectivity index (χ2n) is 6.50. The number of ether oxygens (including phenoxy) is 2. The molecule has 0 aliphatic carbocycles. The van der Waals surface area contributed by atoms with Gasteiger partial charge in [0.2, 0.25) is 5.78 Å². The molecule has 0 N–H and O–H groups in total. The van der Waals surface area contributed by atoms with Crippen molar-refractivity contribution in [3.05, 3.63) is 80.5 Å². The number of esters is 1. The van der Waals surface area contributed by atoms with Crippen LogP contribution in [0.5, 0.6) is 5.75 Å². The average molecular weight is 456 g/mol. The highest BCUT2D eigenvalue weighted by Crippen LogP contribution is 2.37. The van der Waals surface area contributed by atoms with Crippen molar-refractivity contribution in [2.24, 2.45) is 0 Å². The molecule has 31 heavy (non-hydrogen) atoms. The maximum Gasteiger partial charge on any atom is 0.338 e. The predicted octanol–water partition coefficient (Wildman–Crippen LogP) is 4.25. The zero-order valence-electron chi connectivity index (χ0n) is 16.1. The molecule has 0 spiro atoms. The maximum atomic E-state index is 13.0. The molecule has 0 fully saturated rings. The van der Waals surface area contributed by atoms with Crippen LogP contribution in [0.3, 0.4) is 0 Å². The average Bonchev–Trinajstić information content (AvgIpc) is 3.39. The molecule has 0 unspecified atom stereocenters. The van der Waals surface area contributed by atoms with E-state index in [0.29, 0.717) is 15.6 Å². The number of methoxy groups -OCH3 is 1. The highest BCUT2D eigenvalue weighted by molar-refractivity contribution is 7.12. The van der Waals surface area contributed by atoms with Crippen molar-refractivity contribution in [2.45, 2.75) is 0 Å². The molecule has 0 saturated heterocycles. The number of amides is 2. The van der Waals surface area contributed by atoms with Gasteiger partial charge in [-0.25, -0.2) is 9.69 Å². The molecule has 1 aliphatic heterocycles. The van der Waals surface area contributed by atoms with Crippen molar-refractivity contribution in [2.75, 3.05) is 18.6 Å². The van der Waals surface area contributed by atoms with Crippen molar-refractivity contribution in [1.82, 2.24) is 0 Å². The second-order valence-corrected chi connectivity index (χ2v) is 7.88. The lowest BCUT2D eigenvalue weighted by molar-refractivity contribution is 0.0475. The summed E-state index contributed by atoms with van der Waals surface area (Å²) in [7, 11) is 1.41. The number of anilines is 1. The Balaban J connectivity index is 1.57. The van der Waals surface area contributed by atoms with Crippen molar-refractivity contribution < 1.29 is 28.7 Å². The standard InChI is InChI=1S/C22H14ClNO6S/c1-29-18-7-5-13(23)10-16(18)24-20(26)14-6-4-12(9-15(14)21(24)27)22(28)30-11-17(25)19-3-2-8-31-19/h2-10H,11H2,1H3. The number of fused-ring (bicyclic) bond motifs is 1. The van der Waals surface area contributed by atoms with Gasteiger partial charge in [-0.1, -0.05) is 17.7 Å². The minimum atomic E-state index is -0.772. The van der Waals surface area contributed by atoms with Crippen LogP contribution >= 0.6 is 22.9 Å². The summed E-state index contributed by atoms with van der Waals surface area (Å²) in [6.45, 7) is -0.421. The van der Waals surface area contributed by atoms with E-state index in [1.54, 1.807) is 29.6 Å². The van der Waals surface area contributed by atoms with E-state index in [0.717, 1.165) is 4.90 Å². The molecule has 1 aromatic heterocycles. The summed E-state index contributed by atoms with van der Waals surface area (Å²) in [5.41, 5.74) is 0.440. The SMILES string of the molecule is COc1ccc(Cl)cc1N1C(=O)c2ccc(C(=O)OCC(=O)c3cccs3)cc2C1=O. The number of carbonyl (C=O) groups is 4. The Morgan fingerprint density at radius 3 is 2.52 bits per heavy atom. The Labute approximate surface area is 185 Å². The van der Waals surface area contributed by atoms with Gasteiger partial charge in [-0.15, -0.1) is 11.3 Å². The first-order chi connectivity index (χ1) is 14.9. The number of carbonyl (C=O) groups excluding carboxylic acids is 4. The largest absolute Gasteiger partial charge is 0.495 e. The molecule has 1 aliphatic rings. The van der Waals surface area contributed by atoms with Gasteiger partial charge in [-0.05, 0) is 47.8 Å². The fraction of sp³-hybridized carbons (Fsp3) is 0.0909. The first-order valence-corrected chi connectivity index (χ1v) is 10.3. The van der Waals surface area contributed by atoms with Crippen LogP contribution in [0, 0.1) is 0 Å². The summed E-state index contributed by atoms with van der Waals surface area (Å²) in [6.07, 6.45) is 0. The topological polar surface area (TPSA) is 90.0 Å². The fourth-order valence-corrected chi connectivity index (χ4v) is 3.96. The highest BCUT2D eigenvalue weighted by atomic mass is 35.5. The number of Topliss-reactive ketones (excluding diaryl/α,β-unsaturated/α-hetero) is 1. The van der Waals surface area contributed by atoms with Crippen LogP contribution in [0.1, 0.15) is 40.7 Å². The Morgan fingerprint density at radius 2 is 1.81 bits per heavy atom. The smallest absolute Gasteiger partial charge is 0.338 e. The summed E-state index contributed by atoms with van der Waals surface area (Å²) >= 11 is 7.28. The monoisotopic (exact) mass is 455 g/mol. The minimum absolute atomic E-state index is 0.0473. The summed E-state index contributed by atoms with van der Waals surface area (Å²) < 4.78 is 10.3. The van der Waals surface area contributed by atoms with Crippen LogP contribution in [0.4, 0.5) is 5.69 Å². The third-order valence-corrected chi connectivity index (χ3v) is 5.78. The van der Waals surface area contributed by atoms with Crippen LogP contribution in [0.25, 0.3) is 0 Å². The van der Waals surface area contributed by atoms with E-state index in [2.05, 4.69) is 0 Å². The quantitative estimate of drug-likeness (QED) is 0.313. The van der Waals surface area contributed by atoms with E-state index in [4.69, 9.17) is 21.1 Å². The van der Waals surface area contributed by atoms with Crippen LogP contribution in [0.15, 0.2) is 53.9 Å². The van der Waals surface area contributed by atoms with Gasteiger partial charge in [0.05, 0.1) is 34.4 Å². The van der Waals surface area contributed by atoms with E-state index in [9.17, 15) is 19.2 Å². The van der Waals surface area contributed by atoms with Gasteiger partial charge in [0, 0.05) is 5.02 Å². The van der Waals surface area contributed by atoms with Gasteiger partial charge in [0.1, 0.15) is 5.75 Å². The number of rotatable bonds is 6. The summed E-state index contributed by atoms with van der Waals surface area (Å²) in [5, 5.41) is 2.07. The lowest BCUT2D eigenvalue weighted by Gasteiger charge is -2.17. The number of nitrogens with zero attached hydrogens (tertiary/aromatic N) is 1. The zero-order chi connectivity index (χ0) is 22.1. The molecule has 0 atom stereocenters. The van der Waals surface area contributed by atoms with E-state index >= 15 is 0 Å². The predicted molar refractivity (Wildman–Crippen MR) is 115 cm³/mol. The maximum absolute atomic E-state index is 13.0. The summed E-state index contributed by atoms with van der Waals surface area (Å²) in [6, 6.07) is 12.0. The van der Waals surface area contributed by atoms with Gasteiger partial charge in [0.15, 0.2) is 6.61 Å². The molecule has 2 heterocycles. The lowest BCUT2D eigenvalue weighted by Crippen LogP contribution is -2.29. The molecule has 4 rings (SSSR count). The first-order valence-electron chi connectivity index (χ1n) is 9.01. The fourth-order valence-electron chi connectivity index (χ4n) is 3.15. The van der Waals surface area contributed by atoms with Crippen LogP contribution in [-0.4, -0.2) is 37.3 Å².